The van der Waals surface area contributed by atoms with Crippen molar-refractivity contribution in [1.82, 2.24) is 30.8 Å². The maximum absolute atomic E-state index is 14.1. The van der Waals surface area contributed by atoms with Crippen molar-refractivity contribution < 1.29 is 33.4 Å². The van der Waals surface area contributed by atoms with Crippen LogP contribution in [0.3, 0.4) is 0 Å². The quantitative estimate of drug-likeness (QED) is 0.102. The standard InChI is InChI=1S/C49H65N7O7/c1-48(2,3)30-40(57)54-24-16-22-36(54)45(59)52-42-34-20-12-10-18-32(34)28-38(42)62-26-14-8-9-15-27-63-39-29-33-19-11-13-21-35(33)43(39)53-46(60)37-23-17-25-55(37)47(61)44(49(4,5)6)56(50)41(58)31-51-7/h10-13,18-21,36-39,42-44,51H,16-17,22-31,50H2,1-7H3,(H,52,59)(H,53,60)/t36-,37-,38-,39-,42-,43-,44+/m0/s1. The molecule has 7 atom stereocenters. The van der Waals surface area contributed by atoms with E-state index >= 15 is 0 Å². The second-order valence-corrected chi connectivity index (χ2v) is 19.4. The second kappa shape index (κ2) is 20.5. The average Bonchev–Trinajstić information content (AvgIpc) is 4.04. The predicted molar refractivity (Wildman–Crippen MR) is 239 cm³/mol. The zero-order chi connectivity index (χ0) is 45.5. The maximum atomic E-state index is 14.1. The maximum Gasteiger partial charge on any atom is 0.251 e. The number of ether oxygens (including phenoxy) is 2. The molecule has 0 bridgehead atoms. The van der Waals surface area contributed by atoms with Gasteiger partial charge in [0.15, 0.2) is 0 Å². The van der Waals surface area contributed by atoms with E-state index in [1.807, 2.05) is 90.1 Å². The molecule has 14 nitrogen and oxygen atoms in total. The van der Waals surface area contributed by atoms with E-state index in [9.17, 15) is 24.0 Å². The molecule has 6 rings (SSSR count). The Labute approximate surface area is 372 Å². The smallest absolute Gasteiger partial charge is 0.251 e. The highest BCUT2D eigenvalue weighted by Gasteiger charge is 2.46. The Morgan fingerprint density at radius 1 is 0.762 bits per heavy atom. The van der Waals surface area contributed by atoms with Crippen LogP contribution in [0, 0.1) is 34.5 Å². The highest BCUT2D eigenvalue weighted by Crippen LogP contribution is 2.36. The van der Waals surface area contributed by atoms with Gasteiger partial charge in [-0.15, -0.1) is 0 Å². The topological polar surface area (TPSA) is 176 Å². The number of carbonyl (C=O) groups is 5. The molecule has 0 spiro atoms. The van der Waals surface area contributed by atoms with Crippen LogP contribution in [0.1, 0.15) is 108 Å². The van der Waals surface area contributed by atoms with E-state index in [-0.39, 0.29) is 60.9 Å². The monoisotopic (exact) mass is 863 g/mol. The fourth-order valence-electron chi connectivity index (χ4n) is 9.37. The number of amides is 5. The van der Waals surface area contributed by atoms with Gasteiger partial charge in [0.2, 0.25) is 23.6 Å². The Hall–Kier alpha value is -5.25. The van der Waals surface area contributed by atoms with Crippen LogP contribution in [0.2, 0.25) is 0 Å². The van der Waals surface area contributed by atoms with Crippen LogP contribution in [-0.2, 0) is 46.3 Å². The molecule has 5 N–H and O–H groups in total. The van der Waals surface area contributed by atoms with Gasteiger partial charge in [0, 0.05) is 32.4 Å². The lowest BCUT2D eigenvalue weighted by Gasteiger charge is -2.39. The van der Waals surface area contributed by atoms with Crippen molar-refractivity contribution in [2.45, 2.75) is 129 Å². The van der Waals surface area contributed by atoms with E-state index in [1.54, 1.807) is 16.8 Å². The first kappa shape index (κ1) is 47.2. The number of likely N-dealkylation sites (N-methyl/N-ethyl adjacent to an activating group) is 1. The number of hydrogen-bond acceptors (Lipinski definition) is 9. The van der Waals surface area contributed by atoms with Crippen molar-refractivity contribution in [3.8, 4) is 23.7 Å². The molecule has 0 saturated carbocycles. The van der Waals surface area contributed by atoms with Crippen LogP contribution in [0.4, 0.5) is 0 Å². The summed E-state index contributed by atoms with van der Waals surface area (Å²) in [6.45, 7) is 12.8. The summed E-state index contributed by atoms with van der Waals surface area (Å²) in [4.78, 5) is 70.9. The predicted octanol–water partition coefficient (Wildman–Crippen LogP) is 3.35. The van der Waals surface area contributed by atoms with Crippen LogP contribution in [0.15, 0.2) is 48.5 Å². The summed E-state index contributed by atoms with van der Waals surface area (Å²) >= 11 is 0. The average molecular weight is 864 g/mol. The lowest BCUT2D eigenvalue weighted by molar-refractivity contribution is -0.152. The lowest BCUT2D eigenvalue weighted by Crippen LogP contribution is -2.62. The molecule has 0 aromatic heterocycles. The van der Waals surface area contributed by atoms with E-state index < -0.39 is 41.6 Å². The van der Waals surface area contributed by atoms with Gasteiger partial charge in [-0.1, -0.05) is 102 Å². The van der Waals surface area contributed by atoms with E-state index in [1.165, 1.54) is 0 Å². The Morgan fingerprint density at radius 3 is 1.71 bits per heavy atom. The minimum atomic E-state index is -0.960. The number of nitrogens with two attached hydrogens (primary N) is 1. The number of nitrogens with zero attached hydrogens (tertiary/aromatic N) is 3. The fourth-order valence-corrected chi connectivity index (χ4v) is 9.37. The Kier molecular flexibility index (Phi) is 15.4. The largest absolute Gasteiger partial charge is 0.363 e. The van der Waals surface area contributed by atoms with Crippen molar-refractivity contribution in [3.05, 3.63) is 70.8 Å². The molecule has 4 aliphatic rings. The molecule has 0 unspecified atom stereocenters. The second-order valence-electron chi connectivity index (χ2n) is 19.4. The van der Waals surface area contributed by atoms with Gasteiger partial charge in [-0.05, 0) is 77.7 Å². The molecule has 63 heavy (non-hydrogen) atoms. The van der Waals surface area contributed by atoms with Gasteiger partial charge in [0.05, 0.1) is 30.8 Å². The number of hydrazine groups is 1. The molecule has 5 amide bonds. The van der Waals surface area contributed by atoms with E-state index in [4.69, 9.17) is 15.3 Å². The molecule has 2 heterocycles. The number of hydrogen-bond donors (Lipinski definition) is 4. The van der Waals surface area contributed by atoms with Crippen molar-refractivity contribution in [1.29, 1.82) is 0 Å². The highest BCUT2D eigenvalue weighted by molar-refractivity contribution is 5.93. The lowest BCUT2D eigenvalue weighted by atomic mass is 9.85. The van der Waals surface area contributed by atoms with Gasteiger partial charge in [-0.3, -0.25) is 29.0 Å². The van der Waals surface area contributed by atoms with Gasteiger partial charge in [0.1, 0.15) is 31.3 Å². The SMILES string of the molecule is CNCC(=O)N(N)[C@H](C(=O)N1CCC[C@H]1C(=O)N[C@H]1c2ccccc2C[C@@H]1OCC#CC#CCO[C@H]1Cc2ccccc2[C@@H]1NC(=O)[C@@H]1CCCN1C(=O)CC(C)(C)C)C(C)(C)C. The number of benzene rings is 2. The van der Waals surface area contributed by atoms with Crippen LogP contribution in [-0.4, -0.2) is 115 Å². The molecule has 14 heteroatoms. The van der Waals surface area contributed by atoms with Gasteiger partial charge < -0.3 is 35.2 Å². The molecular weight excluding hydrogens is 799 g/mol. The zero-order valence-electron chi connectivity index (χ0n) is 37.9. The third-order valence-corrected chi connectivity index (χ3v) is 12.3. The van der Waals surface area contributed by atoms with E-state index in [0.29, 0.717) is 51.6 Å². The van der Waals surface area contributed by atoms with Crippen LogP contribution < -0.4 is 21.8 Å². The summed E-state index contributed by atoms with van der Waals surface area (Å²) in [5, 5.41) is 10.2. The number of rotatable bonds is 13. The summed E-state index contributed by atoms with van der Waals surface area (Å²) in [5.41, 5.74) is 3.28. The van der Waals surface area contributed by atoms with Gasteiger partial charge >= 0.3 is 0 Å². The fraction of sp³-hybridized carbons (Fsp3) is 0.571. The Bertz CT molecular complexity index is 2140. The third kappa shape index (κ3) is 11.5. The van der Waals surface area contributed by atoms with Crippen molar-refractivity contribution >= 4 is 29.5 Å². The summed E-state index contributed by atoms with van der Waals surface area (Å²) in [5.74, 6) is 16.7. The Morgan fingerprint density at radius 2 is 1.24 bits per heavy atom. The number of carbonyl (C=O) groups excluding carboxylic acids is 5. The molecule has 2 aromatic carbocycles. The van der Waals surface area contributed by atoms with E-state index in [0.717, 1.165) is 33.7 Å². The zero-order valence-corrected chi connectivity index (χ0v) is 37.9. The van der Waals surface area contributed by atoms with Gasteiger partial charge in [-0.2, -0.15) is 0 Å². The third-order valence-electron chi connectivity index (χ3n) is 12.3. The first-order chi connectivity index (χ1) is 30.0. The highest BCUT2D eigenvalue weighted by atomic mass is 16.5. The van der Waals surface area contributed by atoms with E-state index in [2.05, 4.69) is 39.6 Å². The summed E-state index contributed by atoms with van der Waals surface area (Å²) in [6, 6.07) is 12.9. The molecule has 2 aliphatic carbocycles. The summed E-state index contributed by atoms with van der Waals surface area (Å²) in [6.07, 6.45) is 3.42. The Balaban J connectivity index is 1.04. The molecule has 2 aromatic rings. The summed E-state index contributed by atoms with van der Waals surface area (Å²) < 4.78 is 12.5. The first-order valence-electron chi connectivity index (χ1n) is 22.2. The first-order valence-corrected chi connectivity index (χ1v) is 22.2. The van der Waals surface area contributed by atoms with Gasteiger partial charge in [-0.25, -0.2) is 5.84 Å². The molecule has 338 valence electrons. The van der Waals surface area contributed by atoms with Gasteiger partial charge in [0.25, 0.3) is 5.91 Å². The van der Waals surface area contributed by atoms with Crippen LogP contribution >= 0.6 is 0 Å². The van der Waals surface area contributed by atoms with Crippen LogP contribution in [0.5, 0.6) is 0 Å². The van der Waals surface area contributed by atoms with Crippen molar-refractivity contribution in [3.63, 3.8) is 0 Å². The molecule has 2 saturated heterocycles. The number of nitrogens with one attached hydrogen (secondary N) is 3. The van der Waals surface area contributed by atoms with Crippen molar-refractivity contribution in [2.75, 3.05) is 39.9 Å². The van der Waals surface area contributed by atoms with Crippen molar-refractivity contribution in [2.24, 2.45) is 16.7 Å². The molecule has 0 radical (unpaired) electrons. The number of fused-ring (bicyclic) bond motifs is 2. The minimum Gasteiger partial charge on any atom is -0.363 e. The summed E-state index contributed by atoms with van der Waals surface area (Å²) in [7, 11) is 1.64. The molecule has 2 fully saturated rings. The minimum absolute atomic E-state index is 0.00816. The molecule has 2 aliphatic heterocycles. The number of likely N-dealkylation sites (tertiary alicyclic amines) is 2. The molecular formula is C49H65N7O7. The normalized spacial score (nSPS) is 23.1. The van der Waals surface area contributed by atoms with Crippen LogP contribution in [0.25, 0.3) is 0 Å².